The zero-order valence-electron chi connectivity index (χ0n) is 11.8. The Morgan fingerprint density at radius 3 is 3.00 bits per heavy atom. The Morgan fingerprint density at radius 1 is 1.32 bits per heavy atom. The number of nitrogens with one attached hydrogen (secondary N) is 1. The second kappa shape index (κ2) is 5.83. The van der Waals surface area contributed by atoms with Gasteiger partial charge in [-0.15, -0.1) is 0 Å². The van der Waals surface area contributed by atoms with Gasteiger partial charge in [0, 0.05) is 25.2 Å². The van der Waals surface area contributed by atoms with E-state index in [2.05, 4.69) is 35.5 Å². The van der Waals surface area contributed by atoms with Crippen molar-refractivity contribution in [3.63, 3.8) is 0 Å². The van der Waals surface area contributed by atoms with Crippen molar-refractivity contribution >= 4 is 5.69 Å². The smallest absolute Gasteiger partial charge is 0.146 e. The van der Waals surface area contributed by atoms with E-state index in [-0.39, 0.29) is 0 Å². The molecule has 0 atom stereocenters. The fraction of sp³-hybridized carbons (Fsp3) is 0.625. The lowest BCUT2D eigenvalue weighted by Gasteiger charge is -2.25. The van der Waals surface area contributed by atoms with Gasteiger partial charge >= 0.3 is 0 Å². The first kappa shape index (κ1) is 12.8. The predicted molar refractivity (Wildman–Crippen MR) is 78.7 cm³/mol. The van der Waals surface area contributed by atoms with E-state index < -0.39 is 0 Å². The van der Waals surface area contributed by atoms with E-state index in [1.165, 1.54) is 37.8 Å². The molecule has 19 heavy (non-hydrogen) atoms. The standard InChI is InChI=1S/C16H24N2O/c1-18(11-13-5-2-3-6-13)12-14-7-4-8-15-16(14)19-10-9-17-15/h4,7-8,13,17H,2-3,5-6,9-12H2,1H3. The molecule has 0 bridgehead atoms. The Labute approximate surface area is 115 Å². The average molecular weight is 260 g/mol. The second-order valence-corrected chi connectivity index (χ2v) is 5.92. The summed E-state index contributed by atoms with van der Waals surface area (Å²) in [5.41, 5.74) is 2.46. The quantitative estimate of drug-likeness (QED) is 0.900. The molecule has 1 aromatic rings. The molecule has 1 aliphatic heterocycles. The van der Waals surface area contributed by atoms with E-state index in [9.17, 15) is 0 Å². The highest BCUT2D eigenvalue weighted by atomic mass is 16.5. The summed E-state index contributed by atoms with van der Waals surface area (Å²) in [5, 5.41) is 3.41. The summed E-state index contributed by atoms with van der Waals surface area (Å²) in [6, 6.07) is 6.42. The molecule has 1 aliphatic carbocycles. The predicted octanol–water partition coefficient (Wildman–Crippen LogP) is 3.11. The monoisotopic (exact) mass is 260 g/mol. The highest BCUT2D eigenvalue weighted by molar-refractivity contribution is 5.61. The molecule has 0 amide bonds. The molecule has 1 saturated carbocycles. The number of ether oxygens (including phenoxy) is 1. The molecule has 0 saturated heterocycles. The van der Waals surface area contributed by atoms with Crippen LogP contribution in [0.5, 0.6) is 5.75 Å². The van der Waals surface area contributed by atoms with Crippen molar-refractivity contribution in [2.45, 2.75) is 32.2 Å². The summed E-state index contributed by atoms with van der Waals surface area (Å²) in [4.78, 5) is 2.45. The minimum atomic E-state index is 0.774. The molecule has 0 radical (unpaired) electrons. The van der Waals surface area contributed by atoms with Crippen LogP contribution in [0.3, 0.4) is 0 Å². The van der Waals surface area contributed by atoms with Crippen LogP contribution in [-0.2, 0) is 6.54 Å². The summed E-state index contributed by atoms with van der Waals surface area (Å²) < 4.78 is 5.84. The zero-order chi connectivity index (χ0) is 13.1. The number of anilines is 1. The van der Waals surface area contributed by atoms with Crippen molar-refractivity contribution in [1.82, 2.24) is 4.90 Å². The van der Waals surface area contributed by atoms with Gasteiger partial charge in [0.05, 0.1) is 5.69 Å². The van der Waals surface area contributed by atoms with Crippen molar-refractivity contribution in [3.05, 3.63) is 23.8 Å². The number of hydrogen-bond acceptors (Lipinski definition) is 3. The summed E-state index contributed by atoms with van der Waals surface area (Å²) in [6.07, 6.45) is 5.67. The Kier molecular flexibility index (Phi) is 3.92. The van der Waals surface area contributed by atoms with Crippen molar-refractivity contribution in [3.8, 4) is 5.75 Å². The van der Waals surface area contributed by atoms with Gasteiger partial charge in [0.2, 0.25) is 0 Å². The largest absolute Gasteiger partial charge is 0.489 e. The third kappa shape index (κ3) is 3.03. The summed E-state index contributed by atoms with van der Waals surface area (Å²) in [6.45, 7) is 3.89. The lowest BCUT2D eigenvalue weighted by Crippen LogP contribution is -2.25. The van der Waals surface area contributed by atoms with E-state index in [0.717, 1.165) is 37.1 Å². The van der Waals surface area contributed by atoms with Crippen LogP contribution in [-0.4, -0.2) is 31.6 Å². The van der Waals surface area contributed by atoms with Gasteiger partial charge in [-0.3, -0.25) is 0 Å². The molecule has 104 valence electrons. The van der Waals surface area contributed by atoms with Crippen LogP contribution in [0.15, 0.2) is 18.2 Å². The molecule has 0 unspecified atom stereocenters. The molecular formula is C16H24N2O. The second-order valence-electron chi connectivity index (χ2n) is 5.92. The lowest BCUT2D eigenvalue weighted by molar-refractivity contribution is 0.261. The molecule has 1 fully saturated rings. The number of fused-ring (bicyclic) bond motifs is 1. The molecular weight excluding hydrogens is 236 g/mol. The minimum absolute atomic E-state index is 0.774. The highest BCUT2D eigenvalue weighted by Gasteiger charge is 2.19. The normalized spacial score (nSPS) is 19.1. The van der Waals surface area contributed by atoms with Crippen LogP contribution in [0.25, 0.3) is 0 Å². The van der Waals surface area contributed by atoms with Gasteiger partial charge in [-0.2, -0.15) is 0 Å². The summed E-state index contributed by atoms with van der Waals surface area (Å²) in [5.74, 6) is 1.97. The van der Waals surface area contributed by atoms with E-state index >= 15 is 0 Å². The molecule has 3 rings (SSSR count). The fourth-order valence-electron chi connectivity index (χ4n) is 3.35. The molecule has 2 aliphatic rings. The van der Waals surface area contributed by atoms with Gasteiger partial charge in [0.25, 0.3) is 0 Å². The fourth-order valence-corrected chi connectivity index (χ4v) is 3.35. The van der Waals surface area contributed by atoms with Gasteiger partial charge in [-0.05, 0) is 31.9 Å². The Balaban J connectivity index is 1.65. The molecule has 1 N–H and O–H groups in total. The van der Waals surface area contributed by atoms with Gasteiger partial charge in [-0.1, -0.05) is 25.0 Å². The number of hydrogen-bond donors (Lipinski definition) is 1. The highest BCUT2D eigenvalue weighted by Crippen LogP contribution is 2.32. The first-order valence-electron chi connectivity index (χ1n) is 7.50. The van der Waals surface area contributed by atoms with Crippen molar-refractivity contribution < 1.29 is 4.74 Å². The maximum absolute atomic E-state index is 5.84. The van der Waals surface area contributed by atoms with E-state index in [0.29, 0.717) is 0 Å². The number of para-hydroxylation sites is 1. The zero-order valence-corrected chi connectivity index (χ0v) is 11.8. The van der Waals surface area contributed by atoms with Crippen LogP contribution in [0.2, 0.25) is 0 Å². The van der Waals surface area contributed by atoms with Crippen LogP contribution >= 0.6 is 0 Å². The van der Waals surface area contributed by atoms with E-state index in [1.807, 2.05) is 0 Å². The van der Waals surface area contributed by atoms with Crippen LogP contribution in [0.4, 0.5) is 5.69 Å². The molecule has 1 heterocycles. The Bertz CT molecular complexity index is 427. The number of rotatable bonds is 4. The van der Waals surface area contributed by atoms with Crippen molar-refractivity contribution in [1.29, 1.82) is 0 Å². The Hall–Kier alpha value is -1.22. The van der Waals surface area contributed by atoms with Crippen molar-refractivity contribution in [2.24, 2.45) is 5.92 Å². The van der Waals surface area contributed by atoms with Crippen LogP contribution < -0.4 is 10.1 Å². The van der Waals surface area contributed by atoms with Gasteiger partial charge in [-0.25, -0.2) is 0 Å². The minimum Gasteiger partial charge on any atom is -0.489 e. The van der Waals surface area contributed by atoms with Gasteiger partial charge < -0.3 is 15.0 Å². The molecule has 0 aromatic heterocycles. The lowest BCUT2D eigenvalue weighted by atomic mass is 10.1. The average Bonchev–Trinajstić information content (AvgIpc) is 2.92. The summed E-state index contributed by atoms with van der Waals surface area (Å²) >= 11 is 0. The molecule has 3 heteroatoms. The third-order valence-corrected chi connectivity index (χ3v) is 4.25. The van der Waals surface area contributed by atoms with Crippen LogP contribution in [0.1, 0.15) is 31.2 Å². The van der Waals surface area contributed by atoms with E-state index in [1.54, 1.807) is 0 Å². The van der Waals surface area contributed by atoms with Gasteiger partial charge in [0.15, 0.2) is 0 Å². The topological polar surface area (TPSA) is 24.5 Å². The maximum atomic E-state index is 5.84. The first-order chi connectivity index (χ1) is 9.33. The number of nitrogens with zero attached hydrogens (tertiary/aromatic N) is 1. The van der Waals surface area contributed by atoms with Crippen LogP contribution in [0, 0.1) is 5.92 Å². The van der Waals surface area contributed by atoms with E-state index in [4.69, 9.17) is 4.74 Å². The molecule has 1 aromatic carbocycles. The Morgan fingerprint density at radius 2 is 2.16 bits per heavy atom. The summed E-state index contributed by atoms with van der Waals surface area (Å²) in [7, 11) is 2.23. The SMILES string of the molecule is CN(Cc1cccc2c1OCCN2)CC1CCCC1. The van der Waals surface area contributed by atoms with Crippen molar-refractivity contribution in [2.75, 3.05) is 32.1 Å². The molecule has 0 spiro atoms. The maximum Gasteiger partial charge on any atom is 0.146 e. The van der Waals surface area contributed by atoms with Gasteiger partial charge in [0.1, 0.15) is 12.4 Å². The molecule has 3 nitrogen and oxygen atoms in total. The number of benzene rings is 1. The third-order valence-electron chi connectivity index (χ3n) is 4.25. The first-order valence-corrected chi connectivity index (χ1v) is 7.50.